The van der Waals surface area contributed by atoms with E-state index in [0.29, 0.717) is 5.92 Å². The van der Waals surface area contributed by atoms with Gasteiger partial charge in [0.1, 0.15) is 5.76 Å². The molecule has 0 saturated carbocycles. The molecule has 3 rings (SSSR count). The molecule has 1 saturated heterocycles. The molecule has 1 aromatic heterocycles. The van der Waals surface area contributed by atoms with Crippen LogP contribution in [-0.4, -0.2) is 30.7 Å². The van der Waals surface area contributed by atoms with Gasteiger partial charge >= 0.3 is 0 Å². The van der Waals surface area contributed by atoms with Crippen molar-refractivity contribution in [2.75, 3.05) is 19.6 Å². The molecular formula is C20H27N3O2S. The Morgan fingerprint density at radius 1 is 1.38 bits per heavy atom. The van der Waals surface area contributed by atoms with Crippen molar-refractivity contribution in [1.82, 2.24) is 15.8 Å². The molecule has 0 bridgehead atoms. The lowest BCUT2D eigenvalue weighted by molar-refractivity contribution is 0.0947. The summed E-state index contributed by atoms with van der Waals surface area (Å²) in [5, 5.41) is 10.5. The molecule has 26 heavy (non-hydrogen) atoms. The van der Waals surface area contributed by atoms with Gasteiger partial charge in [0.05, 0.1) is 11.3 Å². The average Bonchev–Trinajstić information content (AvgIpc) is 2.99. The van der Waals surface area contributed by atoms with Crippen LogP contribution in [0.4, 0.5) is 0 Å². The van der Waals surface area contributed by atoms with Crippen LogP contribution in [0.3, 0.4) is 0 Å². The number of amides is 1. The van der Waals surface area contributed by atoms with E-state index in [1.54, 1.807) is 11.8 Å². The van der Waals surface area contributed by atoms with Crippen LogP contribution in [0.25, 0.3) is 0 Å². The number of carbonyl (C=O) groups excluding carboxylic acids is 1. The lowest BCUT2D eigenvalue weighted by Gasteiger charge is -2.22. The Morgan fingerprint density at radius 3 is 2.96 bits per heavy atom. The number of hydrogen-bond donors (Lipinski definition) is 2. The summed E-state index contributed by atoms with van der Waals surface area (Å²) in [6.45, 7) is 6.80. The van der Waals surface area contributed by atoms with Crippen molar-refractivity contribution in [2.45, 2.75) is 43.8 Å². The highest BCUT2D eigenvalue weighted by Gasteiger charge is 2.16. The Bertz CT molecular complexity index is 719. The van der Waals surface area contributed by atoms with Crippen LogP contribution in [0.1, 0.15) is 46.6 Å². The molecule has 1 fully saturated rings. The molecule has 140 valence electrons. The largest absolute Gasteiger partial charge is 0.361 e. The van der Waals surface area contributed by atoms with Crippen molar-refractivity contribution in [3.63, 3.8) is 0 Å². The summed E-state index contributed by atoms with van der Waals surface area (Å²) in [4.78, 5) is 13.6. The van der Waals surface area contributed by atoms with Crippen molar-refractivity contribution in [3.05, 3.63) is 46.8 Å². The Balaban J connectivity index is 1.56. The van der Waals surface area contributed by atoms with E-state index < -0.39 is 0 Å². The van der Waals surface area contributed by atoms with E-state index in [1.165, 1.54) is 12.8 Å². The molecule has 1 unspecified atom stereocenters. The first kappa shape index (κ1) is 19.0. The topological polar surface area (TPSA) is 67.2 Å². The molecule has 1 amide bonds. The average molecular weight is 374 g/mol. The van der Waals surface area contributed by atoms with E-state index in [2.05, 4.69) is 15.8 Å². The third kappa shape index (κ3) is 4.89. The Kier molecular flexibility index (Phi) is 6.74. The minimum Gasteiger partial charge on any atom is -0.361 e. The summed E-state index contributed by atoms with van der Waals surface area (Å²) in [6, 6.07) is 7.79. The molecule has 0 spiro atoms. The number of benzene rings is 1. The molecular weight excluding hydrogens is 346 g/mol. The second kappa shape index (κ2) is 9.24. The number of thioether (sulfide) groups is 1. The van der Waals surface area contributed by atoms with Gasteiger partial charge in [0.25, 0.3) is 5.91 Å². The standard InChI is InChI=1S/C20H27N3O2S/c1-14-18(15(2)25-23-14)13-26-19-8-4-3-7-17(19)20(24)22-11-9-16-6-5-10-21-12-16/h3-4,7-8,16,21H,5-6,9-13H2,1-2H3,(H,22,24). The van der Waals surface area contributed by atoms with Crippen molar-refractivity contribution in [2.24, 2.45) is 5.92 Å². The van der Waals surface area contributed by atoms with Gasteiger partial charge in [-0.25, -0.2) is 0 Å². The van der Waals surface area contributed by atoms with Crippen LogP contribution in [-0.2, 0) is 5.75 Å². The number of aromatic nitrogens is 1. The number of rotatable bonds is 7. The zero-order chi connectivity index (χ0) is 18.4. The monoisotopic (exact) mass is 373 g/mol. The summed E-state index contributed by atoms with van der Waals surface area (Å²) in [5.41, 5.74) is 2.76. The molecule has 0 aliphatic carbocycles. The zero-order valence-corrected chi connectivity index (χ0v) is 16.3. The van der Waals surface area contributed by atoms with Crippen molar-refractivity contribution in [1.29, 1.82) is 0 Å². The smallest absolute Gasteiger partial charge is 0.252 e. The second-order valence-corrected chi connectivity index (χ2v) is 7.86. The number of piperidine rings is 1. The predicted octanol–water partition coefficient (Wildman–Crippen LogP) is 3.70. The molecule has 1 aliphatic rings. The summed E-state index contributed by atoms with van der Waals surface area (Å²) in [7, 11) is 0. The van der Waals surface area contributed by atoms with Gasteiger partial charge in [0.2, 0.25) is 0 Å². The Labute approximate surface area is 159 Å². The van der Waals surface area contributed by atoms with Gasteiger partial charge < -0.3 is 15.2 Å². The molecule has 1 atom stereocenters. The fourth-order valence-corrected chi connectivity index (χ4v) is 4.50. The van der Waals surface area contributed by atoms with Gasteiger partial charge in [-0.1, -0.05) is 17.3 Å². The number of hydrogen-bond acceptors (Lipinski definition) is 5. The molecule has 6 heteroatoms. The van der Waals surface area contributed by atoms with Gasteiger partial charge in [-0.05, 0) is 64.3 Å². The van der Waals surface area contributed by atoms with Gasteiger partial charge in [-0.2, -0.15) is 0 Å². The van der Waals surface area contributed by atoms with E-state index in [-0.39, 0.29) is 5.91 Å². The maximum atomic E-state index is 12.6. The van der Waals surface area contributed by atoms with Crippen LogP contribution in [0.5, 0.6) is 0 Å². The number of nitrogens with zero attached hydrogens (tertiary/aromatic N) is 1. The van der Waals surface area contributed by atoms with Gasteiger partial charge in [-0.3, -0.25) is 4.79 Å². The molecule has 1 aliphatic heterocycles. The quantitative estimate of drug-likeness (QED) is 0.724. The van der Waals surface area contributed by atoms with Crippen LogP contribution >= 0.6 is 11.8 Å². The van der Waals surface area contributed by atoms with Crippen LogP contribution in [0.2, 0.25) is 0 Å². The highest BCUT2D eigenvalue weighted by molar-refractivity contribution is 7.98. The van der Waals surface area contributed by atoms with E-state index >= 15 is 0 Å². The second-order valence-electron chi connectivity index (χ2n) is 6.84. The Hall–Kier alpha value is -1.79. The first-order valence-corrected chi connectivity index (χ1v) is 10.3. The van der Waals surface area contributed by atoms with Gasteiger partial charge in [-0.15, -0.1) is 11.8 Å². The normalized spacial score (nSPS) is 17.2. The molecule has 2 N–H and O–H groups in total. The molecule has 2 heterocycles. The van der Waals surface area contributed by atoms with Crippen molar-refractivity contribution >= 4 is 17.7 Å². The highest BCUT2D eigenvalue weighted by Crippen LogP contribution is 2.28. The predicted molar refractivity (Wildman–Crippen MR) is 105 cm³/mol. The summed E-state index contributed by atoms with van der Waals surface area (Å²) < 4.78 is 5.22. The molecule has 1 aromatic carbocycles. The molecule has 2 aromatic rings. The fourth-order valence-electron chi connectivity index (χ4n) is 3.29. The number of aryl methyl sites for hydroxylation is 2. The number of carbonyl (C=O) groups is 1. The minimum absolute atomic E-state index is 0.00984. The maximum Gasteiger partial charge on any atom is 0.252 e. The van der Waals surface area contributed by atoms with Gasteiger partial charge in [0, 0.05) is 22.8 Å². The maximum absolute atomic E-state index is 12.6. The van der Waals surface area contributed by atoms with E-state index in [4.69, 9.17) is 4.52 Å². The van der Waals surface area contributed by atoms with E-state index in [9.17, 15) is 4.79 Å². The van der Waals surface area contributed by atoms with Crippen LogP contribution < -0.4 is 10.6 Å². The first-order valence-electron chi connectivity index (χ1n) is 9.27. The SMILES string of the molecule is Cc1noc(C)c1CSc1ccccc1C(=O)NCCC1CCCNC1. The van der Waals surface area contributed by atoms with Crippen molar-refractivity contribution < 1.29 is 9.32 Å². The fraction of sp³-hybridized carbons (Fsp3) is 0.500. The Morgan fingerprint density at radius 2 is 2.23 bits per heavy atom. The molecule has 0 radical (unpaired) electrons. The third-order valence-corrected chi connectivity index (χ3v) is 6.02. The van der Waals surface area contributed by atoms with Crippen LogP contribution in [0.15, 0.2) is 33.7 Å². The zero-order valence-electron chi connectivity index (χ0n) is 15.5. The van der Waals surface area contributed by atoms with Crippen LogP contribution in [0, 0.1) is 19.8 Å². The lowest BCUT2D eigenvalue weighted by Crippen LogP contribution is -2.33. The summed E-state index contributed by atoms with van der Waals surface area (Å²) in [5.74, 6) is 2.28. The molecule has 5 nitrogen and oxygen atoms in total. The van der Waals surface area contributed by atoms with Gasteiger partial charge in [0.15, 0.2) is 0 Å². The van der Waals surface area contributed by atoms with E-state index in [1.807, 2.05) is 38.1 Å². The highest BCUT2D eigenvalue weighted by atomic mass is 32.2. The first-order chi connectivity index (χ1) is 12.6. The summed E-state index contributed by atoms with van der Waals surface area (Å²) in [6.07, 6.45) is 3.53. The number of nitrogens with one attached hydrogen (secondary N) is 2. The lowest BCUT2D eigenvalue weighted by atomic mass is 9.96. The van der Waals surface area contributed by atoms with E-state index in [0.717, 1.165) is 59.3 Å². The summed E-state index contributed by atoms with van der Waals surface area (Å²) >= 11 is 1.65. The van der Waals surface area contributed by atoms with Crippen molar-refractivity contribution in [3.8, 4) is 0 Å². The third-order valence-electron chi connectivity index (χ3n) is 4.92. The minimum atomic E-state index is 0.00984.